The molecule has 0 spiro atoms. The van der Waals surface area contributed by atoms with Gasteiger partial charge in [0.15, 0.2) is 12.4 Å². The second-order valence-electron chi connectivity index (χ2n) is 3.79. The van der Waals surface area contributed by atoms with Crippen LogP contribution in [0.3, 0.4) is 0 Å². The molecule has 2 rings (SSSR count). The number of carbonyl (C=O) groups is 1. The molecule has 1 amide bonds. The molecule has 1 aliphatic rings. The monoisotopic (exact) mass is 282 g/mol. The van der Waals surface area contributed by atoms with E-state index in [4.69, 9.17) is 15.7 Å². The van der Waals surface area contributed by atoms with E-state index in [1.54, 1.807) is 0 Å². The van der Waals surface area contributed by atoms with Crippen LogP contribution in [0.15, 0.2) is 12.1 Å². The summed E-state index contributed by atoms with van der Waals surface area (Å²) in [5.41, 5.74) is 6.22. The van der Waals surface area contributed by atoms with Gasteiger partial charge < -0.3 is 15.8 Å². The predicted molar refractivity (Wildman–Crippen MR) is 68.0 cm³/mol. The van der Waals surface area contributed by atoms with Crippen molar-refractivity contribution in [2.24, 2.45) is 0 Å². The van der Waals surface area contributed by atoms with Crippen molar-refractivity contribution in [1.82, 2.24) is 0 Å². The number of sulfonamides is 1. The lowest BCUT2D eigenvalue weighted by molar-refractivity contribution is -0.118. The molecule has 0 fully saturated rings. The van der Waals surface area contributed by atoms with Crippen molar-refractivity contribution < 1.29 is 17.9 Å². The molecule has 0 atom stereocenters. The second kappa shape index (κ2) is 4.66. The lowest BCUT2D eigenvalue weighted by Gasteiger charge is -2.20. The maximum absolute atomic E-state index is 11.5. The second-order valence-corrected chi connectivity index (χ2v) is 5.51. The fraction of sp³-hybridized carbons (Fsp3) is 0.200. The van der Waals surface area contributed by atoms with Crippen LogP contribution in [0.1, 0.15) is 0 Å². The molecule has 0 aliphatic carbocycles. The molecule has 0 saturated heterocycles. The van der Waals surface area contributed by atoms with E-state index in [9.17, 15) is 13.2 Å². The van der Waals surface area contributed by atoms with Crippen LogP contribution in [0, 0.1) is 11.3 Å². The summed E-state index contributed by atoms with van der Waals surface area (Å²) in [7, 11) is -3.79. The van der Waals surface area contributed by atoms with Crippen LogP contribution >= 0.6 is 0 Å². The van der Waals surface area contributed by atoms with Crippen molar-refractivity contribution in [3.05, 3.63) is 12.1 Å². The summed E-state index contributed by atoms with van der Waals surface area (Å²) in [6.45, 7) is -0.119. The number of fused-ring (bicyclic) bond motifs is 1. The summed E-state index contributed by atoms with van der Waals surface area (Å²) in [6.07, 6.45) is 0. The van der Waals surface area contributed by atoms with Gasteiger partial charge in [-0.15, -0.1) is 0 Å². The predicted octanol–water partition coefficient (Wildman–Crippen LogP) is -0.135. The van der Waals surface area contributed by atoms with E-state index in [2.05, 4.69) is 10.0 Å². The number of hydrogen-bond donors (Lipinski definition) is 3. The average Bonchev–Trinajstić information content (AvgIpc) is 2.30. The molecule has 1 heterocycles. The van der Waals surface area contributed by atoms with Crippen molar-refractivity contribution in [1.29, 1.82) is 5.26 Å². The van der Waals surface area contributed by atoms with E-state index in [1.165, 1.54) is 18.2 Å². The number of hydrogen-bond acceptors (Lipinski definition) is 6. The molecule has 9 heteroatoms. The third kappa shape index (κ3) is 2.86. The first-order valence-corrected chi connectivity index (χ1v) is 6.80. The highest BCUT2D eigenvalue weighted by molar-refractivity contribution is 7.92. The van der Waals surface area contributed by atoms with E-state index in [0.29, 0.717) is 11.4 Å². The number of ether oxygens (including phenoxy) is 1. The molecule has 0 unspecified atom stereocenters. The van der Waals surface area contributed by atoms with Crippen LogP contribution in [0.4, 0.5) is 17.1 Å². The Morgan fingerprint density at radius 3 is 2.95 bits per heavy atom. The number of amides is 1. The van der Waals surface area contributed by atoms with Gasteiger partial charge in [-0.3, -0.25) is 9.52 Å². The number of carbonyl (C=O) groups excluding carboxylic acids is 1. The number of nitrogens with zero attached hydrogens (tertiary/aromatic N) is 1. The fourth-order valence-electron chi connectivity index (χ4n) is 1.52. The van der Waals surface area contributed by atoms with Crippen molar-refractivity contribution in [2.45, 2.75) is 0 Å². The normalized spacial score (nSPS) is 13.7. The number of rotatable bonds is 3. The Balaban J connectivity index is 2.35. The van der Waals surface area contributed by atoms with Gasteiger partial charge in [0.2, 0.25) is 10.0 Å². The minimum absolute atomic E-state index is 0.0831. The fourth-order valence-corrected chi connectivity index (χ4v) is 2.27. The van der Waals surface area contributed by atoms with E-state index < -0.39 is 15.8 Å². The standard InChI is InChI=1S/C10H10N4O4S/c11-1-2-19(16,17)14-7-4-8-9(3-6(7)12)18-5-10(15)13-8/h3-4,14H,2,5,12H2,(H,13,15). The molecule has 0 bridgehead atoms. The third-order valence-corrected chi connectivity index (χ3v) is 3.34. The van der Waals surface area contributed by atoms with E-state index >= 15 is 0 Å². The van der Waals surface area contributed by atoms with Gasteiger partial charge in [0, 0.05) is 6.07 Å². The molecule has 8 nitrogen and oxygen atoms in total. The molecule has 1 aromatic rings. The van der Waals surface area contributed by atoms with Gasteiger partial charge in [0.25, 0.3) is 5.91 Å². The first-order chi connectivity index (χ1) is 8.91. The molecular weight excluding hydrogens is 272 g/mol. The average molecular weight is 282 g/mol. The largest absolute Gasteiger partial charge is 0.482 e. The number of nitriles is 1. The highest BCUT2D eigenvalue weighted by Crippen LogP contribution is 2.35. The van der Waals surface area contributed by atoms with Gasteiger partial charge in [-0.25, -0.2) is 8.42 Å². The van der Waals surface area contributed by atoms with Crippen LogP contribution < -0.4 is 20.5 Å². The van der Waals surface area contributed by atoms with Gasteiger partial charge in [0.05, 0.1) is 23.1 Å². The van der Waals surface area contributed by atoms with Gasteiger partial charge in [0.1, 0.15) is 5.75 Å². The maximum Gasteiger partial charge on any atom is 0.262 e. The smallest absolute Gasteiger partial charge is 0.262 e. The topological polar surface area (TPSA) is 134 Å². The minimum atomic E-state index is -3.79. The molecular formula is C10H10N4O4S. The van der Waals surface area contributed by atoms with Gasteiger partial charge >= 0.3 is 0 Å². The third-order valence-electron chi connectivity index (χ3n) is 2.30. The summed E-state index contributed by atoms with van der Waals surface area (Å²) < 4.78 is 30.3. The number of nitrogen functional groups attached to an aromatic ring is 1. The SMILES string of the molecule is N#CCS(=O)(=O)Nc1cc2c(cc1N)OCC(=O)N2. The number of nitrogens with two attached hydrogens (primary N) is 1. The summed E-state index contributed by atoms with van der Waals surface area (Å²) in [4.78, 5) is 11.2. The van der Waals surface area contributed by atoms with Crippen LogP contribution in [-0.4, -0.2) is 26.7 Å². The van der Waals surface area contributed by atoms with Crippen molar-refractivity contribution in [3.63, 3.8) is 0 Å². The highest BCUT2D eigenvalue weighted by atomic mass is 32.2. The van der Waals surface area contributed by atoms with E-state index in [-0.39, 0.29) is 23.9 Å². The molecule has 0 saturated carbocycles. The van der Waals surface area contributed by atoms with E-state index in [1.807, 2.05) is 0 Å². The Bertz CT molecular complexity index is 678. The quantitative estimate of drug-likeness (QED) is 0.661. The lowest BCUT2D eigenvalue weighted by Crippen LogP contribution is -2.26. The van der Waals surface area contributed by atoms with Crippen LogP contribution in [0.2, 0.25) is 0 Å². The summed E-state index contributed by atoms with van der Waals surface area (Å²) >= 11 is 0. The summed E-state index contributed by atoms with van der Waals surface area (Å²) in [6, 6.07) is 4.28. The van der Waals surface area contributed by atoms with Crippen molar-refractivity contribution in [3.8, 4) is 11.8 Å². The summed E-state index contributed by atoms with van der Waals surface area (Å²) in [5, 5.41) is 10.9. The zero-order chi connectivity index (χ0) is 14.0. The minimum Gasteiger partial charge on any atom is -0.482 e. The number of anilines is 3. The Morgan fingerprint density at radius 2 is 2.26 bits per heavy atom. The van der Waals surface area contributed by atoms with E-state index in [0.717, 1.165) is 0 Å². The molecule has 4 N–H and O–H groups in total. The first kappa shape index (κ1) is 13.0. The van der Waals surface area contributed by atoms with Crippen molar-refractivity contribution in [2.75, 3.05) is 28.1 Å². The Hall–Kier alpha value is -2.47. The molecule has 0 radical (unpaired) electrons. The molecule has 1 aromatic carbocycles. The van der Waals surface area contributed by atoms with Gasteiger partial charge in [-0.1, -0.05) is 0 Å². The molecule has 1 aliphatic heterocycles. The zero-order valence-electron chi connectivity index (χ0n) is 9.63. The van der Waals surface area contributed by atoms with Gasteiger partial charge in [-0.2, -0.15) is 5.26 Å². The zero-order valence-corrected chi connectivity index (χ0v) is 10.5. The number of nitrogens with one attached hydrogen (secondary N) is 2. The van der Waals surface area contributed by atoms with Crippen LogP contribution in [0.25, 0.3) is 0 Å². The lowest BCUT2D eigenvalue weighted by atomic mass is 10.2. The van der Waals surface area contributed by atoms with Crippen molar-refractivity contribution >= 4 is 33.0 Å². The Morgan fingerprint density at radius 1 is 1.53 bits per heavy atom. The Kier molecular flexibility index (Phi) is 3.18. The first-order valence-electron chi connectivity index (χ1n) is 5.15. The number of benzene rings is 1. The van der Waals surface area contributed by atoms with Gasteiger partial charge in [-0.05, 0) is 6.07 Å². The summed E-state index contributed by atoms with van der Waals surface area (Å²) in [5.74, 6) is -0.671. The van der Waals surface area contributed by atoms with Crippen LogP contribution in [-0.2, 0) is 14.8 Å². The molecule has 0 aromatic heterocycles. The molecule has 100 valence electrons. The maximum atomic E-state index is 11.5. The highest BCUT2D eigenvalue weighted by Gasteiger charge is 2.19. The Labute approximate surface area is 109 Å². The van der Waals surface area contributed by atoms with Crippen LogP contribution in [0.5, 0.6) is 5.75 Å². The molecule has 19 heavy (non-hydrogen) atoms.